The normalized spacial score (nSPS) is 14.2. The average Bonchev–Trinajstić information content (AvgIpc) is 3.20. The van der Waals surface area contributed by atoms with Gasteiger partial charge in [0, 0.05) is 10.9 Å². The topological polar surface area (TPSA) is 55.1 Å². The molecule has 1 aliphatic rings. The van der Waals surface area contributed by atoms with E-state index in [1.165, 1.54) is 11.3 Å². The van der Waals surface area contributed by atoms with Crippen LogP contribution < -0.4 is 11.1 Å². The Morgan fingerprint density at radius 1 is 1.35 bits per heavy atom. The van der Waals surface area contributed by atoms with Crippen LogP contribution >= 0.6 is 11.3 Å². The van der Waals surface area contributed by atoms with E-state index in [1.807, 2.05) is 18.2 Å². The number of carbonyl (C=O) groups excluding carboxylic acids is 1. The van der Waals surface area contributed by atoms with Gasteiger partial charge in [-0.25, -0.2) is 0 Å². The molecule has 1 aromatic carbocycles. The number of carbonyl (C=O) groups is 1. The Labute approximate surface area is 122 Å². The molecule has 3 rings (SSSR count). The van der Waals surface area contributed by atoms with Crippen molar-refractivity contribution in [1.82, 2.24) is 5.32 Å². The molecule has 3 N–H and O–H groups in total. The maximum Gasteiger partial charge on any atom is 0.254 e. The first-order valence-corrected chi connectivity index (χ1v) is 7.79. The van der Waals surface area contributed by atoms with E-state index < -0.39 is 0 Å². The Morgan fingerprint density at radius 2 is 2.05 bits per heavy atom. The number of nitrogen functional groups attached to an aromatic ring is 1. The van der Waals surface area contributed by atoms with Gasteiger partial charge in [-0.05, 0) is 30.4 Å². The van der Waals surface area contributed by atoms with Crippen LogP contribution in [0.25, 0.3) is 10.4 Å². The Balaban J connectivity index is 2.02. The minimum atomic E-state index is -0.0136. The van der Waals surface area contributed by atoms with Crippen molar-refractivity contribution in [3.63, 3.8) is 0 Å². The third kappa shape index (κ3) is 2.43. The van der Waals surface area contributed by atoms with Crippen LogP contribution in [-0.2, 0) is 6.42 Å². The van der Waals surface area contributed by atoms with Crippen LogP contribution in [0.1, 0.15) is 35.7 Å². The van der Waals surface area contributed by atoms with Gasteiger partial charge in [-0.3, -0.25) is 4.79 Å². The van der Waals surface area contributed by atoms with Gasteiger partial charge in [0.2, 0.25) is 0 Å². The van der Waals surface area contributed by atoms with Gasteiger partial charge in [0.05, 0.1) is 10.6 Å². The van der Waals surface area contributed by atoms with Crippen LogP contribution in [-0.4, -0.2) is 11.9 Å². The molecule has 1 fully saturated rings. The number of thiophene rings is 1. The third-order valence-electron chi connectivity index (χ3n) is 3.56. The maximum atomic E-state index is 12.4. The fraction of sp³-hybridized carbons (Fsp3) is 0.312. The number of rotatable bonds is 4. The predicted molar refractivity (Wildman–Crippen MR) is 84.0 cm³/mol. The van der Waals surface area contributed by atoms with Crippen molar-refractivity contribution in [2.24, 2.45) is 0 Å². The molecule has 2 aromatic rings. The predicted octanol–water partition coefficient (Wildman–Crippen LogP) is 3.45. The van der Waals surface area contributed by atoms with E-state index >= 15 is 0 Å². The third-order valence-corrected chi connectivity index (χ3v) is 4.67. The molecular formula is C16H18N2OS. The summed E-state index contributed by atoms with van der Waals surface area (Å²) in [7, 11) is 0. The lowest BCUT2D eigenvalue weighted by Gasteiger charge is -2.06. The van der Waals surface area contributed by atoms with E-state index in [9.17, 15) is 4.79 Å². The minimum absolute atomic E-state index is 0.0136. The van der Waals surface area contributed by atoms with Gasteiger partial charge in [0.1, 0.15) is 0 Å². The van der Waals surface area contributed by atoms with Crippen molar-refractivity contribution >= 4 is 22.2 Å². The van der Waals surface area contributed by atoms with Gasteiger partial charge >= 0.3 is 0 Å². The molecule has 1 aromatic heterocycles. The number of benzene rings is 1. The van der Waals surface area contributed by atoms with Gasteiger partial charge in [-0.15, -0.1) is 11.3 Å². The van der Waals surface area contributed by atoms with Crippen molar-refractivity contribution in [2.75, 3.05) is 5.73 Å². The standard InChI is InChI=1S/C16H18N2OS/c1-2-12-13(16(19)18-11-8-9-11)15(17)20-14(12)10-6-4-3-5-7-10/h3-7,11H,2,8-9,17H2,1H3,(H,18,19). The lowest BCUT2D eigenvalue weighted by atomic mass is 10.0. The number of nitrogens with two attached hydrogens (primary N) is 1. The second-order valence-corrected chi connectivity index (χ2v) is 6.17. The lowest BCUT2D eigenvalue weighted by molar-refractivity contribution is 0.0951. The van der Waals surface area contributed by atoms with Gasteiger partial charge in [-0.1, -0.05) is 37.3 Å². The second kappa shape index (κ2) is 5.29. The first kappa shape index (κ1) is 13.2. The fourth-order valence-electron chi connectivity index (χ4n) is 2.38. The maximum absolute atomic E-state index is 12.4. The molecule has 104 valence electrons. The highest BCUT2D eigenvalue weighted by atomic mass is 32.1. The van der Waals surface area contributed by atoms with E-state index in [-0.39, 0.29) is 5.91 Å². The molecular weight excluding hydrogens is 268 g/mol. The summed E-state index contributed by atoms with van der Waals surface area (Å²) in [6, 6.07) is 10.5. The molecule has 0 radical (unpaired) electrons. The summed E-state index contributed by atoms with van der Waals surface area (Å²) in [4.78, 5) is 13.5. The molecule has 4 heteroatoms. The Kier molecular flexibility index (Phi) is 3.49. The summed E-state index contributed by atoms with van der Waals surface area (Å²) in [5.74, 6) is -0.0136. The van der Waals surface area contributed by atoms with Crippen LogP contribution in [0.3, 0.4) is 0 Å². The zero-order chi connectivity index (χ0) is 14.1. The number of hydrogen-bond acceptors (Lipinski definition) is 3. The van der Waals surface area contributed by atoms with Gasteiger partial charge in [0.15, 0.2) is 0 Å². The molecule has 0 aliphatic heterocycles. The molecule has 0 spiro atoms. The van der Waals surface area contributed by atoms with Crippen LogP contribution in [0.15, 0.2) is 30.3 Å². The van der Waals surface area contributed by atoms with Crippen LogP contribution in [0.4, 0.5) is 5.00 Å². The van der Waals surface area contributed by atoms with Crippen LogP contribution in [0.5, 0.6) is 0 Å². The van der Waals surface area contributed by atoms with E-state index in [0.717, 1.165) is 35.3 Å². The van der Waals surface area contributed by atoms with Crippen molar-refractivity contribution in [1.29, 1.82) is 0 Å². The second-order valence-electron chi connectivity index (χ2n) is 5.12. The summed E-state index contributed by atoms with van der Waals surface area (Å²) in [6.45, 7) is 2.07. The molecule has 0 bridgehead atoms. The quantitative estimate of drug-likeness (QED) is 0.904. The highest BCUT2D eigenvalue weighted by Gasteiger charge is 2.28. The molecule has 1 saturated carbocycles. The van der Waals surface area contributed by atoms with Crippen molar-refractivity contribution < 1.29 is 4.79 Å². The molecule has 0 unspecified atom stereocenters. The number of nitrogens with one attached hydrogen (secondary N) is 1. The number of anilines is 1. The molecule has 0 saturated heterocycles. The van der Waals surface area contributed by atoms with E-state index in [2.05, 4.69) is 24.4 Å². The highest BCUT2D eigenvalue weighted by molar-refractivity contribution is 7.19. The molecule has 1 amide bonds. The van der Waals surface area contributed by atoms with Gasteiger partial charge < -0.3 is 11.1 Å². The first-order valence-electron chi connectivity index (χ1n) is 6.98. The zero-order valence-electron chi connectivity index (χ0n) is 11.5. The van der Waals surface area contributed by atoms with Crippen molar-refractivity contribution in [3.05, 3.63) is 41.5 Å². The SMILES string of the molecule is CCc1c(-c2ccccc2)sc(N)c1C(=O)NC1CC1. The summed E-state index contributed by atoms with van der Waals surface area (Å²) in [5.41, 5.74) is 8.99. The smallest absolute Gasteiger partial charge is 0.254 e. The van der Waals surface area contributed by atoms with Gasteiger partial charge in [0.25, 0.3) is 5.91 Å². The van der Waals surface area contributed by atoms with E-state index in [0.29, 0.717) is 16.6 Å². The number of hydrogen-bond donors (Lipinski definition) is 2. The highest BCUT2D eigenvalue weighted by Crippen LogP contribution is 2.39. The van der Waals surface area contributed by atoms with Crippen LogP contribution in [0.2, 0.25) is 0 Å². The summed E-state index contributed by atoms with van der Waals surface area (Å²) in [5, 5.41) is 3.66. The summed E-state index contributed by atoms with van der Waals surface area (Å²) < 4.78 is 0. The van der Waals surface area contributed by atoms with Crippen LogP contribution in [0, 0.1) is 0 Å². The molecule has 1 heterocycles. The summed E-state index contributed by atoms with van der Waals surface area (Å²) in [6.07, 6.45) is 2.98. The molecule has 20 heavy (non-hydrogen) atoms. The summed E-state index contributed by atoms with van der Waals surface area (Å²) >= 11 is 1.51. The van der Waals surface area contributed by atoms with Gasteiger partial charge in [-0.2, -0.15) is 0 Å². The fourth-order valence-corrected chi connectivity index (χ4v) is 3.54. The molecule has 1 aliphatic carbocycles. The number of amides is 1. The zero-order valence-corrected chi connectivity index (χ0v) is 12.3. The Hall–Kier alpha value is -1.81. The Morgan fingerprint density at radius 3 is 2.65 bits per heavy atom. The minimum Gasteiger partial charge on any atom is -0.390 e. The first-order chi connectivity index (χ1) is 9.70. The lowest BCUT2D eigenvalue weighted by Crippen LogP contribution is -2.26. The molecule has 3 nitrogen and oxygen atoms in total. The average molecular weight is 286 g/mol. The Bertz CT molecular complexity index is 629. The monoisotopic (exact) mass is 286 g/mol. The largest absolute Gasteiger partial charge is 0.390 e. The van der Waals surface area contributed by atoms with E-state index in [1.54, 1.807) is 0 Å². The molecule has 0 atom stereocenters. The van der Waals surface area contributed by atoms with E-state index in [4.69, 9.17) is 5.73 Å². The van der Waals surface area contributed by atoms with Crippen molar-refractivity contribution in [2.45, 2.75) is 32.2 Å². The van der Waals surface area contributed by atoms with Crippen molar-refractivity contribution in [3.8, 4) is 10.4 Å².